The number of sulfonamides is 1. The number of rotatable bonds is 7. The monoisotopic (exact) mass is 229 g/mol. The highest BCUT2D eigenvalue weighted by Gasteiger charge is 2.16. The molecule has 0 aromatic heterocycles. The van der Waals surface area contributed by atoms with Crippen molar-refractivity contribution in [1.82, 2.24) is 4.31 Å². The Morgan fingerprint density at radius 1 is 1.46 bits per heavy atom. The van der Waals surface area contributed by atoms with Crippen LogP contribution >= 0.6 is 11.6 Å². The fourth-order valence-electron chi connectivity index (χ4n) is 0.723. The molecule has 0 aromatic carbocycles. The first-order valence-corrected chi connectivity index (χ1v) is 6.26. The highest BCUT2D eigenvalue weighted by molar-refractivity contribution is 7.89. The highest BCUT2D eigenvalue weighted by atomic mass is 35.5. The van der Waals surface area contributed by atoms with Crippen LogP contribution < -0.4 is 0 Å². The van der Waals surface area contributed by atoms with E-state index in [4.69, 9.17) is 16.3 Å². The van der Waals surface area contributed by atoms with Gasteiger partial charge in [0.1, 0.15) is 0 Å². The Morgan fingerprint density at radius 3 is 2.54 bits per heavy atom. The topological polar surface area (TPSA) is 46.6 Å². The Bertz CT molecular complexity index is 218. The smallest absolute Gasteiger partial charge is 0.216 e. The van der Waals surface area contributed by atoms with Crippen LogP contribution in [0.5, 0.6) is 0 Å². The summed E-state index contributed by atoms with van der Waals surface area (Å²) in [5.41, 5.74) is 0. The Labute approximate surface area is 84.9 Å². The molecule has 80 valence electrons. The third-order valence-electron chi connectivity index (χ3n) is 1.56. The molecule has 0 saturated heterocycles. The number of hydrogen-bond acceptors (Lipinski definition) is 3. The highest BCUT2D eigenvalue weighted by Crippen LogP contribution is 1.98. The molecule has 0 aliphatic carbocycles. The third-order valence-corrected chi connectivity index (χ3v) is 3.55. The molecule has 0 fully saturated rings. The molecular formula is C7H16ClNO3S. The summed E-state index contributed by atoms with van der Waals surface area (Å²) in [4.78, 5) is 0. The maximum absolute atomic E-state index is 11.4. The Kier molecular flexibility index (Phi) is 6.67. The summed E-state index contributed by atoms with van der Waals surface area (Å²) in [6, 6.07) is 0. The van der Waals surface area contributed by atoms with E-state index in [9.17, 15) is 8.42 Å². The lowest BCUT2D eigenvalue weighted by Crippen LogP contribution is -2.32. The van der Waals surface area contributed by atoms with E-state index in [2.05, 4.69) is 0 Å². The van der Waals surface area contributed by atoms with Crippen LogP contribution in [0.4, 0.5) is 0 Å². The first-order chi connectivity index (χ1) is 6.04. The molecule has 0 aliphatic heterocycles. The lowest BCUT2D eigenvalue weighted by atomic mass is 10.8. The molecule has 4 nitrogen and oxygen atoms in total. The number of halogens is 1. The minimum Gasteiger partial charge on any atom is -0.381 e. The van der Waals surface area contributed by atoms with Gasteiger partial charge in [0.25, 0.3) is 0 Å². The van der Waals surface area contributed by atoms with Crippen LogP contribution in [0.15, 0.2) is 0 Å². The predicted octanol–water partition coefficient (Wildman–Crippen LogP) is 0.523. The predicted molar refractivity (Wildman–Crippen MR) is 53.6 cm³/mol. The molecule has 0 saturated carbocycles. The third kappa shape index (κ3) is 5.46. The van der Waals surface area contributed by atoms with E-state index in [-0.39, 0.29) is 12.4 Å². The average Bonchev–Trinajstić information content (AvgIpc) is 2.05. The molecule has 0 heterocycles. The van der Waals surface area contributed by atoms with Crippen molar-refractivity contribution >= 4 is 21.6 Å². The van der Waals surface area contributed by atoms with Crippen LogP contribution in [0.3, 0.4) is 0 Å². The van der Waals surface area contributed by atoms with E-state index in [0.29, 0.717) is 19.0 Å². The minimum atomic E-state index is -3.17. The van der Waals surface area contributed by atoms with Gasteiger partial charge in [0.15, 0.2) is 0 Å². The molecule has 0 spiro atoms. The van der Waals surface area contributed by atoms with Gasteiger partial charge in [0.2, 0.25) is 10.0 Å². The molecule has 6 heteroatoms. The van der Waals surface area contributed by atoms with Crippen LogP contribution in [0.1, 0.15) is 6.92 Å². The second-order valence-corrected chi connectivity index (χ2v) is 5.10. The SMILES string of the molecule is CCOCCS(=O)(=O)N(C)CCCl. The summed E-state index contributed by atoms with van der Waals surface area (Å²) in [6.07, 6.45) is 0. The summed E-state index contributed by atoms with van der Waals surface area (Å²) in [7, 11) is -1.65. The van der Waals surface area contributed by atoms with Gasteiger partial charge >= 0.3 is 0 Å². The molecule has 0 unspecified atom stereocenters. The lowest BCUT2D eigenvalue weighted by molar-refractivity contribution is 0.162. The molecule has 0 N–H and O–H groups in total. The maximum Gasteiger partial charge on any atom is 0.216 e. The Hall–Kier alpha value is 0.160. The second kappa shape index (κ2) is 6.59. The van der Waals surface area contributed by atoms with Gasteiger partial charge in [-0.15, -0.1) is 11.6 Å². The molecule has 0 bridgehead atoms. The molecule has 0 radical (unpaired) electrons. The number of hydrogen-bond donors (Lipinski definition) is 0. The van der Waals surface area contributed by atoms with Crippen molar-refractivity contribution < 1.29 is 13.2 Å². The number of alkyl halides is 1. The lowest BCUT2D eigenvalue weighted by Gasteiger charge is -2.15. The summed E-state index contributed by atoms with van der Waals surface area (Å²) in [5.74, 6) is 0.332. The molecule has 0 amide bonds. The van der Waals surface area contributed by atoms with Gasteiger partial charge in [0, 0.05) is 26.1 Å². The summed E-state index contributed by atoms with van der Waals surface area (Å²) < 4.78 is 29.0. The van der Waals surface area contributed by atoms with Crippen LogP contribution in [0, 0.1) is 0 Å². The zero-order valence-electron chi connectivity index (χ0n) is 7.99. The molecule has 0 rings (SSSR count). The van der Waals surface area contributed by atoms with Crippen molar-refractivity contribution in [2.75, 3.05) is 38.4 Å². The van der Waals surface area contributed by atoms with Crippen molar-refractivity contribution in [2.45, 2.75) is 6.92 Å². The average molecular weight is 230 g/mol. The molecule has 0 aromatic rings. The fraction of sp³-hybridized carbons (Fsp3) is 1.00. The van der Waals surface area contributed by atoms with Crippen LogP contribution in [-0.4, -0.2) is 51.2 Å². The maximum atomic E-state index is 11.4. The van der Waals surface area contributed by atoms with Gasteiger partial charge in [0.05, 0.1) is 12.4 Å². The minimum absolute atomic E-state index is 0.0221. The second-order valence-electron chi connectivity index (χ2n) is 2.52. The standard InChI is InChI=1S/C7H16ClNO3S/c1-3-12-6-7-13(10,11)9(2)5-4-8/h3-7H2,1-2H3. The van der Waals surface area contributed by atoms with E-state index in [0.717, 1.165) is 0 Å². The van der Waals surface area contributed by atoms with E-state index in [1.54, 1.807) is 0 Å². The van der Waals surface area contributed by atoms with Crippen molar-refractivity contribution in [3.63, 3.8) is 0 Å². The first-order valence-electron chi connectivity index (χ1n) is 4.12. The quantitative estimate of drug-likeness (QED) is 0.473. The Balaban J connectivity index is 3.92. The molecule has 13 heavy (non-hydrogen) atoms. The normalized spacial score (nSPS) is 12.3. The van der Waals surface area contributed by atoms with Crippen molar-refractivity contribution in [3.8, 4) is 0 Å². The van der Waals surface area contributed by atoms with Gasteiger partial charge in [-0.1, -0.05) is 0 Å². The number of nitrogens with zero attached hydrogens (tertiary/aromatic N) is 1. The van der Waals surface area contributed by atoms with Crippen molar-refractivity contribution in [2.24, 2.45) is 0 Å². The number of ether oxygens (including phenoxy) is 1. The van der Waals surface area contributed by atoms with Gasteiger partial charge in [-0.2, -0.15) is 0 Å². The van der Waals surface area contributed by atoms with E-state index < -0.39 is 10.0 Å². The summed E-state index contributed by atoms with van der Waals surface area (Å²) in [5, 5.41) is 0. The molecule has 0 aliphatic rings. The van der Waals surface area contributed by atoms with Gasteiger partial charge in [-0.25, -0.2) is 12.7 Å². The van der Waals surface area contributed by atoms with Gasteiger partial charge in [-0.3, -0.25) is 0 Å². The first kappa shape index (κ1) is 13.2. The summed E-state index contributed by atoms with van der Waals surface area (Å²) >= 11 is 5.43. The zero-order valence-corrected chi connectivity index (χ0v) is 9.57. The van der Waals surface area contributed by atoms with Crippen LogP contribution in [0.25, 0.3) is 0 Å². The zero-order chi connectivity index (χ0) is 10.3. The summed E-state index contributed by atoms with van der Waals surface area (Å²) in [6.45, 7) is 2.95. The Morgan fingerprint density at radius 2 is 2.08 bits per heavy atom. The van der Waals surface area contributed by atoms with Crippen LogP contribution in [0.2, 0.25) is 0 Å². The van der Waals surface area contributed by atoms with Gasteiger partial charge in [-0.05, 0) is 6.92 Å². The fourth-order valence-corrected chi connectivity index (χ4v) is 2.09. The van der Waals surface area contributed by atoms with E-state index in [1.165, 1.54) is 11.4 Å². The molecular weight excluding hydrogens is 214 g/mol. The largest absolute Gasteiger partial charge is 0.381 e. The molecule has 0 atom stereocenters. The van der Waals surface area contributed by atoms with Crippen molar-refractivity contribution in [1.29, 1.82) is 0 Å². The van der Waals surface area contributed by atoms with Crippen molar-refractivity contribution in [3.05, 3.63) is 0 Å². The van der Waals surface area contributed by atoms with Gasteiger partial charge < -0.3 is 4.74 Å². The van der Waals surface area contributed by atoms with Crippen LogP contribution in [-0.2, 0) is 14.8 Å². The van der Waals surface area contributed by atoms with E-state index in [1.807, 2.05) is 6.92 Å². The van der Waals surface area contributed by atoms with E-state index >= 15 is 0 Å².